The van der Waals surface area contributed by atoms with Crippen LogP contribution in [0.2, 0.25) is 0 Å². The van der Waals surface area contributed by atoms with E-state index in [4.69, 9.17) is 38.8 Å². The van der Waals surface area contributed by atoms with E-state index in [1.807, 2.05) is 24.3 Å². The zero-order chi connectivity index (χ0) is 44.1. The number of aromatic nitrogens is 2. The number of fused-ring (bicyclic) bond motifs is 14. The summed E-state index contributed by atoms with van der Waals surface area (Å²) in [4.78, 5) is 33.3. The highest BCUT2D eigenvalue weighted by Crippen LogP contribution is 2.63. The molecule has 4 unspecified atom stereocenters. The smallest absolute Gasteiger partial charge is 0.390 e. The van der Waals surface area contributed by atoms with Gasteiger partial charge in [0.1, 0.15) is 22.6 Å². The van der Waals surface area contributed by atoms with Gasteiger partial charge in [-0.05, 0) is 112 Å². The second kappa shape index (κ2) is 12.9. The van der Waals surface area contributed by atoms with Crippen molar-refractivity contribution in [3.05, 3.63) is 130 Å². The van der Waals surface area contributed by atoms with Crippen LogP contribution in [-0.2, 0) is 8.85 Å². The van der Waals surface area contributed by atoms with Crippen molar-refractivity contribution in [2.24, 2.45) is 64.5 Å². The van der Waals surface area contributed by atoms with Crippen molar-refractivity contribution >= 4 is 65.4 Å². The molecule has 4 aromatic carbocycles. The molecule has 2 N–H and O–H groups in total. The van der Waals surface area contributed by atoms with E-state index in [2.05, 4.69) is 81.3 Å². The Labute approximate surface area is 387 Å². The topological polar surface area (TPSA) is 143 Å². The van der Waals surface area contributed by atoms with Gasteiger partial charge in [-0.25, -0.2) is 30.0 Å². The average Bonchev–Trinajstić information content (AvgIpc) is 4.01. The molecule has 8 saturated carbocycles. The third kappa shape index (κ3) is 5.32. The molecule has 0 amide bonds. The first-order valence-corrected chi connectivity index (χ1v) is 26.3. The van der Waals surface area contributed by atoms with Crippen LogP contribution in [0.5, 0.6) is 0 Å². The lowest BCUT2D eigenvalue weighted by atomic mass is 9.48. The standard InChI is InChI=1S/C54H50N8O4Si/c63-53-23-31-17-32(24-53)20-51(19-31,27-53)29-65-67(66-30-52-21-33-18-34(22-52)26-54(64,25-33)28-52)61-47-39-13-5-6-14-40(39)49(61)59-45-37-11-3-4-12-38(37)46(56-45)60-50-42-16-8-7-15-41(42)48(62(50)67)58-44-36-10-2-1-9-35(36)43(55-44)57-47/h1-16,31-34,63-64H,17-30H2. The monoisotopic (exact) mass is 902 g/mol. The summed E-state index contributed by atoms with van der Waals surface area (Å²) in [6.45, 7) is 0.764. The summed E-state index contributed by atoms with van der Waals surface area (Å²) in [6, 6.07) is 33.3. The first-order chi connectivity index (χ1) is 32.6. The van der Waals surface area contributed by atoms with Crippen LogP contribution in [0.3, 0.4) is 0 Å². The molecular weight excluding hydrogens is 853 g/mol. The number of benzene rings is 4. The maximum Gasteiger partial charge on any atom is 0.603 e. The van der Waals surface area contributed by atoms with Crippen molar-refractivity contribution < 1.29 is 19.1 Å². The molecule has 4 atom stereocenters. The fraction of sp³-hybridized carbons (Fsp3) is 0.407. The fourth-order valence-electron chi connectivity index (χ4n) is 16.4. The molecule has 13 heteroatoms. The van der Waals surface area contributed by atoms with Gasteiger partial charge in [0, 0.05) is 57.0 Å². The minimum absolute atomic E-state index is 0.255. The fourth-order valence-corrected chi connectivity index (χ4v) is 19.9. The molecule has 0 saturated heterocycles. The molecule has 4 aliphatic heterocycles. The van der Waals surface area contributed by atoms with E-state index in [0.717, 1.165) is 95.2 Å². The Morgan fingerprint density at radius 3 is 1.19 bits per heavy atom. The van der Waals surface area contributed by atoms with Crippen LogP contribution in [-0.4, -0.2) is 75.3 Å². The SMILES string of the molecule is OC12CC3CC(C1)CC(CO[Si]1(OCC45CC6CC(CC(O)(C6)C4)C5)n4c5c6ccccc6c4N=C4N=C(N=c6c7ccccc7c(n61)=NC1=NC(=N5)c5ccccc51)c1ccccc14)(C3)C2. The normalized spacial score (nSPS) is 35.1. The van der Waals surface area contributed by atoms with Crippen molar-refractivity contribution in [1.82, 2.24) is 8.47 Å². The molecule has 0 radical (unpaired) electrons. The second-order valence-electron chi connectivity index (χ2n) is 22.6. The Bertz CT molecular complexity index is 3260. The third-order valence-corrected chi connectivity index (χ3v) is 20.8. The Hall–Kier alpha value is -5.70. The summed E-state index contributed by atoms with van der Waals surface area (Å²) < 4.78 is 21.0. The van der Waals surface area contributed by atoms with Gasteiger partial charge in [0.25, 0.3) is 0 Å². The molecule has 8 aliphatic carbocycles. The van der Waals surface area contributed by atoms with Crippen molar-refractivity contribution in [2.75, 3.05) is 13.2 Å². The summed E-state index contributed by atoms with van der Waals surface area (Å²) in [5, 5.41) is 28.1. The van der Waals surface area contributed by atoms with Gasteiger partial charge in [-0.1, -0.05) is 97.1 Å². The highest BCUT2D eigenvalue weighted by atomic mass is 28.4. The van der Waals surface area contributed by atoms with Gasteiger partial charge in [-0.3, -0.25) is 8.47 Å². The lowest BCUT2D eigenvalue weighted by molar-refractivity contribution is -0.180. The number of aliphatic hydroxyl groups is 2. The van der Waals surface area contributed by atoms with Crippen molar-refractivity contribution in [3.63, 3.8) is 0 Å². The van der Waals surface area contributed by atoms with Gasteiger partial charge in [-0.15, -0.1) is 0 Å². The summed E-state index contributed by atoms with van der Waals surface area (Å²) in [6.07, 6.45) is 11.2. The van der Waals surface area contributed by atoms with Crippen LogP contribution in [0.4, 0.5) is 11.6 Å². The van der Waals surface area contributed by atoms with Crippen molar-refractivity contribution in [1.29, 1.82) is 0 Å². The summed E-state index contributed by atoms with van der Waals surface area (Å²) in [5.41, 5.74) is 3.02. The molecule has 67 heavy (non-hydrogen) atoms. The summed E-state index contributed by atoms with van der Waals surface area (Å²) >= 11 is 0. The number of hydrogen-bond acceptors (Lipinski definition) is 10. The molecular formula is C54H50N8O4Si. The van der Waals surface area contributed by atoms with Crippen molar-refractivity contribution in [2.45, 2.75) is 88.3 Å². The zero-order valence-electron chi connectivity index (χ0n) is 37.2. The van der Waals surface area contributed by atoms with Gasteiger partial charge >= 0.3 is 8.88 Å². The summed E-state index contributed by atoms with van der Waals surface area (Å²) in [5.74, 6) is 5.41. The lowest BCUT2D eigenvalue weighted by Crippen LogP contribution is -2.67. The number of amidine groups is 4. The molecule has 8 fully saturated rings. The van der Waals surface area contributed by atoms with Crippen LogP contribution in [0.15, 0.2) is 127 Å². The molecule has 6 aromatic rings. The van der Waals surface area contributed by atoms with Gasteiger partial charge in [0.05, 0.1) is 11.2 Å². The van der Waals surface area contributed by atoms with E-state index in [-0.39, 0.29) is 10.8 Å². The minimum Gasteiger partial charge on any atom is -0.390 e. The molecule has 12 nitrogen and oxygen atoms in total. The second-order valence-corrected chi connectivity index (χ2v) is 25.2. The van der Waals surface area contributed by atoms with Crippen LogP contribution >= 0.6 is 0 Å². The quantitative estimate of drug-likeness (QED) is 0.163. The van der Waals surface area contributed by atoms with E-state index in [1.165, 1.54) is 12.8 Å². The van der Waals surface area contributed by atoms with E-state index >= 15 is 0 Å². The molecule has 12 aliphatic rings. The number of nitrogens with zero attached hydrogens (tertiary/aromatic N) is 8. The lowest BCUT2D eigenvalue weighted by Gasteiger charge is -2.61. The van der Waals surface area contributed by atoms with E-state index in [0.29, 0.717) is 95.7 Å². The Morgan fingerprint density at radius 1 is 0.448 bits per heavy atom. The molecule has 0 spiro atoms. The van der Waals surface area contributed by atoms with Crippen LogP contribution < -0.4 is 11.0 Å². The summed E-state index contributed by atoms with van der Waals surface area (Å²) in [7, 11) is -4.41. The first-order valence-electron chi connectivity index (χ1n) is 24.6. The zero-order valence-corrected chi connectivity index (χ0v) is 38.2. The predicted octanol–water partition coefficient (Wildman–Crippen LogP) is 8.07. The highest BCUT2D eigenvalue weighted by Gasteiger charge is 2.63. The predicted molar refractivity (Wildman–Crippen MR) is 257 cm³/mol. The van der Waals surface area contributed by atoms with Gasteiger partial charge < -0.3 is 19.1 Å². The number of hydrogen-bond donors (Lipinski definition) is 2. The molecule has 2 aromatic heterocycles. The Kier molecular flexibility index (Phi) is 7.36. The maximum absolute atomic E-state index is 12.3. The highest BCUT2D eigenvalue weighted by molar-refractivity contribution is 6.66. The largest absolute Gasteiger partial charge is 0.603 e. The number of rotatable bonds is 6. The number of aliphatic imine (C=N–C) groups is 4. The Morgan fingerprint density at radius 2 is 0.806 bits per heavy atom. The van der Waals surface area contributed by atoms with Gasteiger partial charge in [0.2, 0.25) is 0 Å². The minimum atomic E-state index is -4.41. The third-order valence-electron chi connectivity index (χ3n) is 17.8. The van der Waals surface area contributed by atoms with E-state index in [9.17, 15) is 10.2 Å². The van der Waals surface area contributed by atoms with Gasteiger partial charge in [0.15, 0.2) is 23.3 Å². The van der Waals surface area contributed by atoms with Crippen LogP contribution in [0.1, 0.15) is 99.3 Å². The van der Waals surface area contributed by atoms with Crippen molar-refractivity contribution in [3.8, 4) is 0 Å². The maximum atomic E-state index is 12.3. The molecule has 18 rings (SSSR count). The van der Waals surface area contributed by atoms with Crippen LogP contribution in [0.25, 0.3) is 21.5 Å². The molecule has 6 heterocycles. The molecule has 334 valence electrons. The van der Waals surface area contributed by atoms with E-state index < -0.39 is 20.1 Å². The van der Waals surface area contributed by atoms with E-state index in [1.54, 1.807) is 0 Å². The van der Waals surface area contributed by atoms with Crippen LogP contribution in [0, 0.1) is 34.5 Å². The first kappa shape index (κ1) is 38.3. The average molecular weight is 903 g/mol. The van der Waals surface area contributed by atoms with Gasteiger partial charge in [-0.2, -0.15) is 0 Å². The Balaban J connectivity index is 1.06. The molecule has 14 bridgehead atoms.